The molecule has 0 aromatic rings. The van der Waals surface area contributed by atoms with Crippen LogP contribution in [0.25, 0.3) is 0 Å². The molecule has 2 rings (SSSR count). The van der Waals surface area contributed by atoms with E-state index in [1.807, 2.05) is 6.92 Å². The molecule has 2 bridgehead atoms. The van der Waals surface area contributed by atoms with Gasteiger partial charge in [0.1, 0.15) is 5.54 Å². The van der Waals surface area contributed by atoms with E-state index >= 15 is 0 Å². The SMILES string of the molecule is CCN(C(=O)NC(C)C1CC2CCC1C2)C(C)(C)C(=O)O. The first-order valence-electron chi connectivity index (χ1n) is 8.08. The van der Waals surface area contributed by atoms with Crippen molar-refractivity contribution in [3.05, 3.63) is 0 Å². The smallest absolute Gasteiger partial charge is 0.329 e. The Morgan fingerprint density at radius 1 is 1.33 bits per heavy atom. The molecule has 0 aliphatic heterocycles. The molecule has 2 N–H and O–H groups in total. The average molecular weight is 296 g/mol. The molecule has 5 heteroatoms. The van der Waals surface area contributed by atoms with Gasteiger partial charge < -0.3 is 15.3 Å². The number of nitrogens with zero attached hydrogens (tertiary/aromatic N) is 1. The van der Waals surface area contributed by atoms with Crippen LogP contribution in [0.5, 0.6) is 0 Å². The van der Waals surface area contributed by atoms with Gasteiger partial charge in [-0.25, -0.2) is 9.59 Å². The number of urea groups is 1. The Bertz CT molecular complexity index is 422. The second kappa shape index (κ2) is 5.85. The number of hydrogen-bond acceptors (Lipinski definition) is 2. The molecular formula is C16H28N2O3. The number of nitrogens with one attached hydrogen (secondary N) is 1. The molecule has 120 valence electrons. The van der Waals surface area contributed by atoms with Crippen LogP contribution in [0.2, 0.25) is 0 Å². The average Bonchev–Trinajstić information content (AvgIpc) is 3.00. The van der Waals surface area contributed by atoms with Crippen molar-refractivity contribution in [1.82, 2.24) is 10.2 Å². The Balaban J connectivity index is 1.98. The molecule has 2 aliphatic carbocycles. The predicted octanol–water partition coefficient (Wildman–Crippen LogP) is 2.71. The summed E-state index contributed by atoms with van der Waals surface area (Å²) in [6, 6.07) is -0.147. The molecule has 0 radical (unpaired) electrons. The van der Waals surface area contributed by atoms with Gasteiger partial charge in [0, 0.05) is 12.6 Å². The van der Waals surface area contributed by atoms with E-state index in [9.17, 15) is 14.7 Å². The number of amides is 2. The molecule has 5 nitrogen and oxygen atoms in total. The van der Waals surface area contributed by atoms with Gasteiger partial charge in [-0.2, -0.15) is 0 Å². The van der Waals surface area contributed by atoms with Gasteiger partial charge >= 0.3 is 12.0 Å². The summed E-state index contributed by atoms with van der Waals surface area (Å²) < 4.78 is 0. The third kappa shape index (κ3) is 3.01. The lowest BCUT2D eigenvalue weighted by molar-refractivity contribution is -0.147. The molecule has 4 atom stereocenters. The zero-order chi connectivity index (χ0) is 15.8. The Kier molecular flexibility index (Phi) is 4.49. The van der Waals surface area contributed by atoms with Crippen molar-refractivity contribution >= 4 is 12.0 Å². The van der Waals surface area contributed by atoms with Crippen LogP contribution >= 0.6 is 0 Å². The van der Waals surface area contributed by atoms with Crippen molar-refractivity contribution in [3.8, 4) is 0 Å². The van der Waals surface area contributed by atoms with E-state index in [0.29, 0.717) is 12.5 Å². The summed E-state index contributed by atoms with van der Waals surface area (Å²) in [5.74, 6) is 1.16. The van der Waals surface area contributed by atoms with Crippen molar-refractivity contribution < 1.29 is 14.7 Å². The highest BCUT2D eigenvalue weighted by Crippen LogP contribution is 2.49. The summed E-state index contributed by atoms with van der Waals surface area (Å²) >= 11 is 0. The third-order valence-corrected chi connectivity index (χ3v) is 5.55. The summed E-state index contributed by atoms with van der Waals surface area (Å²) in [5.41, 5.74) is -1.19. The predicted molar refractivity (Wildman–Crippen MR) is 81.0 cm³/mol. The van der Waals surface area contributed by atoms with Crippen molar-refractivity contribution in [2.75, 3.05) is 6.54 Å². The number of carbonyl (C=O) groups is 2. The Labute approximate surface area is 127 Å². The van der Waals surface area contributed by atoms with Gasteiger partial charge in [0.25, 0.3) is 0 Å². The molecule has 0 aromatic heterocycles. The minimum Gasteiger partial charge on any atom is -0.480 e. The summed E-state index contributed by atoms with van der Waals surface area (Å²) in [6.45, 7) is 7.40. The zero-order valence-electron chi connectivity index (χ0n) is 13.6. The molecule has 2 fully saturated rings. The van der Waals surface area contributed by atoms with Gasteiger partial charge in [0.2, 0.25) is 0 Å². The number of fused-ring (bicyclic) bond motifs is 2. The van der Waals surface area contributed by atoms with Crippen LogP contribution in [0.15, 0.2) is 0 Å². The number of hydrogen-bond donors (Lipinski definition) is 2. The molecule has 0 aromatic carbocycles. The topological polar surface area (TPSA) is 69.6 Å². The van der Waals surface area contributed by atoms with Gasteiger partial charge in [0.15, 0.2) is 0 Å². The van der Waals surface area contributed by atoms with Gasteiger partial charge in [-0.15, -0.1) is 0 Å². The largest absolute Gasteiger partial charge is 0.480 e. The lowest BCUT2D eigenvalue weighted by Crippen LogP contribution is -2.58. The van der Waals surface area contributed by atoms with E-state index in [-0.39, 0.29) is 12.1 Å². The minimum absolute atomic E-state index is 0.117. The fraction of sp³-hybridized carbons (Fsp3) is 0.875. The monoisotopic (exact) mass is 296 g/mol. The van der Waals surface area contributed by atoms with Crippen LogP contribution in [-0.4, -0.2) is 40.1 Å². The fourth-order valence-electron chi connectivity index (χ4n) is 4.19. The number of rotatable bonds is 5. The van der Waals surface area contributed by atoms with E-state index in [0.717, 1.165) is 11.8 Å². The summed E-state index contributed by atoms with van der Waals surface area (Å²) in [5, 5.41) is 12.3. The second-order valence-electron chi connectivity index (χ2n) is 7.19. The lowest BCUT2D eigenvalue weighted by Gasteiger charge is -2.36. The lowest BCUT2D eigenvalue weighted by atomic mass is 9.84. The minimum atomic E-state index is -1.19. The van der Waals surface area contributed by atoms with Crippen LogP contribution in [0.4, 0.5) is 4.79 Å². The molecule has 0 spiro atoms. The normalized spacial score (nSPS) is 29.2. The maximum absolute atomic E-state index is 12.5. The highest BCUT2D eigenvalue weighted by atomic mass is 16.4. The van der Waals surface area contributed by atoms with Crippen molar-refractivity contribution in [3.63, 3.8) is 0 Å². The van der Waals surface area contributed by atoms with Gasteiger partial charge in [-0.1, -0.05) is 6.42 Å². The molecular weight excluding hydrogens is 268 g/mol. The number of likely N-dealkylation sites (N-methyl/N-ethyl adjacent to an activating group) is 1. The standard InChI is InChI=1S/C16H28N2O3/c1-5-18(16(3,4)14(19)20)15(21)17-10(2)13-9-11-6-7-12(13)8-11/h10-13H,5-9H2,1-4H3,(H,17,21)(H,19,20). The van der Waals surface area contributed by atoms with Crippen LogP contribution < -0.4 is 5.32 Å². The van der Waals surface area contributed by atoms with Crippen LogP contribution in [0.1, 0.15) is 53.4 Å². The molecule has 0 heterocycles. The van der Waals surface area contributed by atoms with E-state index in [1.165, 1.54) is 30.6 Å². The van der Waals surface area contributed by atoms with Crippen LogP contribution in [-0.2, 0) is 4.79 Å². The number of aliphatic carboxylic acids is 1. The second-order valence-corrected chi connectivity index (χ2v) is 7.19. The zero-order valence-corrected chi connectivity index (χ0v) is 13.6. The van der Waals surface area contributed by atoms with E-state index in [4.69, 9.17) is 0 Å². The maximum Gasteiger partial charge on any atom is 0.329 e. The van der Waals surface area contributed by atoms with Gasteiger partial charge in [0.05, 0.1) is 0 Å². The Morgan fingerprint density at radius 2 is 2.00 bits per heavy atom. The highest BCUT2D eigenvalue weighted by molar-refractivity contribution is 5.85. The first-order chi connectivity index (χ1) is 9.77. The Morgan fingerprint density at radius 3 is 2.43 bits per heavy atom. The number of carboxylic acid groups (broad SMARTS) is 1. The van der Waals surface area contributed by atoms with Crippen molar-refractivity contribution in [2.45, 2.75) is 65.0 Å². The maximum atomic E-state index is 12.5. The van der Waals surface area contributed by atoms with Crippen LogP contribution in [0.3, 0.4) is 0 Å². The summed E-state index contributed by atoms with van der Waals surface area (Å²) in [4.78, 5) is 25.2. The summed E-state index contributed by atoms with van der Waals surface area (Å²) in [6.07, 6.45) is 5.15. The van der Waals surface area contributed by atoms with Crippen molar-refractivity contribution in [2.24, 2.45) is 17.8 Å². The van der Waals surface area contributed by atoms with Gasteiger partial charge in [-0.3, -0.25) is 0 Å². The molecule has 4 unspecified atom stereocenters. The van der Waals surface area contributed by atoms with Gasteiger partial charge in [-0.05, 0) is 64.7 Å². The van der Waals surface area contributed by atoms with E-state index in [1.54, 1.807) is 13.8 Å². The van der Waals surface area contributed by atoms with Crippen molar-refractivity contribution in [1.29, 1.82) is 0 Å². The third-order valence-electron chi connectivity index (χ3n) is 5.55. The number of carboxylic acids is 1. The highest BCUT2D eigenvalue weighted by Gasteiger charge is 2.43. The fourth-order valence-corrected chi connectivity index (χ4v) is 4.19. The van der Waals surface area contributed by atoms with Crippen LogP contribution in [0, 0.1) is 17.8 Å². The molecule has 0 saturated heterocycles. The molecule has 2 aliphatic rings. The number of carbonyl (C=O) groups excluding carboxylic acids is 1. The molecule has 2 saturated carbocycles. The quantitative estimate of drug-likeness (QED) is 0.819. The van der Waals surface area contributed by atoms with E-state index < -0.39 is 11.5 Å². The Hall–Kier alpha value is -1.26. The first kappa shape index (κ1) is 16.1. The molecule has 21 heavy (non-hydrogen) atoms. The summed E-state index contributed by atoms with van der Waals surface area (Å²) in [7, 11) is 0. The van der Waals surface area contributed by atoms with E-state index in [2.05, 4.69) is 12.2 Å². The molecule has 2 amide bonds. The first-order valence-corrected chi connectivity index (χ1v) is 8.08.